The van der Waals surface area contributed by atoms with Crippen LogP contribution >= 0.6 is 0 Å². The highest BCUT2D eigenvalue weighted by atomic mass is 16.2. The molecule has 0 saturated heterocycles. The van der Waals surface area contributed by atoms with Crippen molar-refractivity contribution >= 4 is 21.5 Å². The van der Waals surface area contributed by atoms with E-state index in [-0.39, 0.29) is 12.6 Å². The van der Waals surface area contributed by atoms with Crippen LogP contribution in [0, 0.1) is 0 Å². The molecular weight excluding hydrogens is 246 g/mol. The molecule has 0 amide bonds. The molecule has 0 fully saturated rings. The van der Waals surface area contributed by atoms with Crippen molar-refractivity contribution in [2.24, 2.45) is 5.73 Å². The van der Waals surface area contributed by atoms with Crippen LogP contribution in [0.1, 0.15) is 24.4 Å². The van der Waals surface area contributed by atoms with Gasteiger partial charge in [-0.05, 0) is 46.0 Å². The first-order valence-electron chi connectivity index (χ1n) is 7.08. The molecule has 0 bridgehead atoms. The minimum atomic E-state index is -0.0309. The van der Waals surface area contributed by atoms with Crippen LogP contribution in [0.5, 0.6) is 0 Å². The monoisotopic (exact) mass is 265 g/mol. The molecule has 0 aliphatic rings. The van der Waals surface area contributed by atoms with Crippen LogP contribution < -0.4 is 5.73 Å². The van der Waals surface area contributed by atoms with Crippen molar-refractivity contribution in [2.45, 2.75) is 18.9 Å². The largest absolute Gasteiger partial charge is 0.396 e. The van der Waals surface area contributed by atoms with Crippen LogP contribution in [-0.4, -0.2) is 11.7 Å². The molecule has 102 valence electrons. The Morgan fingerprint density at radius 1 is 0.900 bits per heavy atom. The molecule has 0 aliphatic carbocycles. The molecule has 0 radical (unpaired) electrons. The van der Waals surface area contributed by atoms with Gasteiger partial charge < -0.3 is 10.8 Å². The van der Waals surface area contributed by atoms with Gasteiger partial charge in [-0.1, -0.05) is 48.5 Å². The van der Waals surface area contributed by atoms with E-state index in [4.69, 9.17) is 10.8 Å². The van der Waals surface area contributed by atoms with Gasteiger partial charge in [-0.25, -0.2) is 0 Å². The molecule has 0 spiro atoms. The standard InChI is InChI=1S/C18H19NO/c19-18(10-5-11-20)17-12-13-6-1-2-7-14(13)15-8-3-4-9-16(15)17/h1-4,6-9,12,18,20H,5,10-11,19H2/t18-/m1/s1. The summed E-state index contributed by atoms with van der Waals surface area (Å²) in [5.41, 5.74) is 7.50. The van der Waals surface area contributed by atoms with Crippen molar-refractivity contribution in [2.75, 3.05) is 6.61 Å². The number of hydrogen-bond acceptors (Lipinski definition) is 2. The third-order valence-electron chi connectivity index (χ3n) is 3.87. The first kappa shape index (κ1) is 13.1. The summed E-state index contributed by atoms with van der Waals surface area (Å²) in [6.07, 6.45) is 1.54. The SMILES string of the molecule is N[C@H](CCCO)c1cc2ccccc2c2ccccc12. The van der Waals surface area contributed by atoms with Crippen LogP contribution in [0.2, 0.25) is 0 Å². The zero-order chi connectivity index (χ0) is 13.9. The fourth-order valence-electron chi connectivity index (χ4n) is 2.86. The van der Waals surface area contributed by atoms with Crippen molar-refractivity contribution in [1.29, 1.82) is 0 Å². The Morgan fingerprint density at radius 3 is 2.30 bits per heavy atom. The molecule has 20 heavy (non-hydrogen) atoms. The number of nitrogens with two attached hydrogens (primary N) is 1. The second-order valence-electron chi connectivity index (χ2n) is 5.20. The molecule has 0 aliphatic heterocycles. The Bertz CT molecular complexity index is 736. The predicted molar refractivity (Wildman–Crippen MR) is 84.7 cm³/mol. The molecule has 2 nitrogen and oxygen atoms in total. The minimum Gasteiger partial charge on any atom is -0.396 e. The second kappa shape index (κ2) is 5.61. The number of fused-ring (bicyclic) bond motifs is 3. The van der Waals surface area contributed by atoms with E-state index in [2.05, 4.69) is 54.6 Å². The van der Waals surface area contributed by atoms with E-state index in [1.807, 2.05) is 0 Å². The summed E-state index contributed by atoms with van der Waals surface area (Å²) in [4.78, 5) is 0. The fourth-order valence-corrected chi connectivity index (χ4v) is 2.86. The van der Waals surface area contributed by atoms with Gasteiger partial charge in [0.05, 0.1) is 0 Å². The van der Waals surface area contributed by atoms with Gasteiger partial charge >= 0.3 is 0 Å². The van der Waals surface area contributed by atoms with Gasteiger partial charge in [0.15, 0.2) is 0 Å². The number of benzene rings is 3. The molecule has 2 heteroatoms. The smallest absolute Gasteiger partial charge is 0.0431 e. The lowest BCUT2D eigenvalue weighted by molar-refractivity contribution is 0.280. The maximum atomic E-state index is 8.99. The van der Waals surface area contributed by atoms with Crippen molar-refractivity contribution in [3.05, 3.63) is 60.2 Å². The molecule has 1 atom stereocenters. The van der Waals surface area contributed by atoms with Gasteiger partial charge in [-0.2, -0.15) is 0 Å². The number of aliphatic hydroxyl groups excluding tert-OH is 1. The number of aliphatic hydroxyl groups is 1. The van der Waals surface area contributed by atoms with Gasteiger partial charge in [0.25, 0.3) is 0 Å². The molecule has 0 heterocycles. The Balaban J connectivity index is 2.23. The summed E-state index contributed by atoms with van der Waals surface area (Å²) in [5, 5.41) is 13.9. The Labute approximate surface area is 118 Å². The third-order valence-corrected chi connectivity index (χ3v) is 3.87. The minimum absolute atomic E-state index is 0.0309. The maximum absolute atomic E-state index is 8.99. The average Bonchev–Trinajstić information content (AvgIpc) is 2.52. The van der Waals surface area contributed by atoms with E-state index >= 15 is 0 Å². The third kappa shape index (κ3) is 2.28. The highest BCUT2D eigenvalue weighted by molar-refractivity contribution is 6.09. The lowest BCUT2D eigenvalue weighted by atomic mass is 9.92. The van der Waals surface area contributed by atoms with E-state index in [0.29, 0.717) is 0 Å². The molecule has 0 saturated carbocycles. The summed E-state index contributed by atoms with van der Waals surface area (Å²) < 4.78 is 0. The fraction of sp³-hybridized carbons (Fsp3) is 0.222. The lowest BCUT2D eigenvalue weighted by Gasteiger charge is -2.16. The number of rotatable bonds is 4. The lowest BCUT2D eigenvalue weighted by Crippen LogP contribution is -2.11. The topological polar surface area (TPSA) is 46.2 Å². The molecule has 3 rings (SSSR count). The second-order valence-corrected chi connectivity index (χ2v) is 5.20. The summed E-state index contributed by atoms with van der Waals surface area (Å²) in [6.45, 7) is 0.194. The summed E-state index contributed by atoms with van der Waals surface area (Å²) in [7, 11) is 0. The Morgan fingerprint density at radius 2 is 1.55 bits per heavy atom. The Kier molecular flexibility index (Phi) is 3.68. The van der Waals surface area contributed by atoms with E-state index in [9.17, 15) is 0 Å². The summed E-state index contributed by atoms with van der Waals surface area (Å²) in [6, 6.07) is 19.0. The molecule has 3 aromatic carbocycles. The number of hydrogen-bond donors (Lipinski definition) is 2. The van der Waals surface area contributed by atoms with Gasteiger partial charge in [0.1, 0.15) is 0 Å². The normalized spacial score (nSPS) is 12.9. The first-order valence-corrected chi connectivity index (χ1v) is 7.08. The zero-order valence-electron chi connectivity index (χ0n) is 11.4. The van der Waals surface area contributed by atoms with Gasteiger partial charge in [0, 0.05) is 12.6 Å². The molecule has 0 aromatic heterocycles. The highest BCUT2D eigenvalue weighted by Crippen LogP contribution is 2.32. The van der Waals surface area contributed by atoms with Crippen molar-refractivity contribution in [3.8, 4) is 0 Å². The van der Waals surface area contributed by atoms with Crippen molar-refractivity contribution in [1.82, 2.24) is 0 Å². The first-order chi connectivity index (χ1) is 9.81. The summed E-state index contributed by atoms with van der Waals surface area (Å²) in [5.74, 6) is 0. The van der Waals surface area contributed by atoms with E-state index in [1.165, 1.54) is 27.1 Å². The van der Waals surface area contributed by atoms with E-state index < -0.39 is 0 Å². The van der Waals surface area contributed by atoms with Crippen LogP contribution in [0.15, 0.2) is 54.6 Å². The summed E-state index contributed by atoms with van der Waals surface area (Å²) >= 11 is 0. The average molecular weight is 265 g/mol. The van der Waals surface area contributed by atoms with Gasteiger partial charge in [-0.15, -0.1) is 0 Å². The van der Waals surface area contributed by atoms with Gasteiger partial charge in [-0.3, -0.25) is 0 Å². The Hall–Kier alpha value is -1.90. The molecular formula is C18H19NO. The zero-order valence-corrected chi connectivity index (χ0v) is 11.4. The van der Waals surface area contributed by atoms with E-state index in [1.54, 1.807) is 0 Å². The molecule has 3 N–H and O–H groups in total. The van der Waals surface area contributed by atoms with Gasteiger partial charge in [0.2, 0.25) is 0 Å². The van der Waals surface area contributed by atoms with Crippen molar-refractivity contribution in [3.63, 3.8) is 0 Å². The quantitative estimate of drug-likeness (QED) is 0.705. The predicted octanol–water partition coefficient (Wildman–Crippen LogP) is 3.77. The maximum Gasteiger partial charge on any atom is 0.0431 e. The van der Waals surface area contributed by atoms with Crippen molar-refractivity contribution < 1.29 is 5.11 Å². The molecule has 3 aromatic rings. The van der Waals surface area contributed by atoms with E-state index in [0.717, 1.165) is 12.8 Å². The van der Waals surface area contributed by atoms with Crippen LogP contribution in [0.3, 0.4) is 0 Å². The highest BCUT2D eigenvalue weighted by Gasteiger charge is 2.12. The van der Waals surface area contributed by atoms with Crippen LogP contribution in [0.25, 0.3) is 21.5 Å². The van der Waals surface area contributed by atoms with Crippen LogP contribution in [-0.2, 0) is 0 Å². The molecule has 0 unspecified atom stereocenters. The van der Waals surface area contributed by atoms with Crippen LogP contribution in [0.4, 0.5) is 0 Å².